The highest BCUT2D eigenvalue weighted by Gasteiger charge is 2.30. The molecule has 0 aliphatic carbocycles. The molecule has 0 radical (unpaired) electrons. The van der Waals surface area contributed by atoms with Crippen LogP contribution >= 0.6 is 12.2 Å². The van der Waals surface area contributed by atoms with E-state index in [2.05, 4.69) is 10.2 Å². The molecule has 1 aromatic rings. The number of benzene rings is 1. The first-order chi connectivity index (χ1) is 12.6. The lowest BCUT2D eigenvalue weighted by Crippen LogP contribution is -2.53. The van der Waals surface area contributed by atoms with Gasteiger partial charge in [-0.25, -0.2) is 0 Å². The van der Waals surface area contributed by atoms with E-state index in [9.17, 15) is 4.79 Å². The molecule has 3 rings (SSSR count). The van der Waals surface area contributed by atoms with Gasteiger partial charge in [0, 0.05) is 38.9 Å². The smallest absolute Gasteiger partial charge is 0.251 e. The molecule has 7 nitrogen and oxygen atoms in total. The minimum atomic E-state index is -0.257. The summed E-state index contributed by atoms with van der Waals surface area (Å²) in [6.45, 7) is 3.37. The number of amides is 1. The summed E-state index contributed by atoms with van der Waals surface area (Å²) in [5.74, 6) is 1.53. The maximum Gasteiger partial charge on any atom is 0.251 e. The summed E-state index contributed by atoms with van der Waals surface area (Å²) >= 11 is 5.54. The van der Waals surface area contributed by atoms with Gasteiger partial charge in [0.15, 0.2) is 5.11 Å². The van der Waals surface area contributed by atoms with Crippen molar-refractivity contribution in [1.29, 1.82) is 0 Å². The van der Waals surface area contributed by atoms with Gasteiger partial charge in [0.05, 0.1) is 19.9 Å². The highest BCUT2D eigenvalue weighted by atomic mass is 32.1. The van der Waals surface area contributed by atoms with Crippen LogP contribution in [0.3, 0.4) is 0 Å². The molecule has 1 aromatic carbocycles. The second kappa shape index (κ2) is 8.55. The Morgan fingerprint density at radius 2 is 1.92 bits per heavy atom. The topological polar surface area (TPSA) is 63.3 Å². The number of methoxy groups -OCH3 is 2. The zero-order valence-electron chi connectivity index (χ0n) is 15.2. The predicted molar refractivity (Wildman–Crippen MR) is 103 cm³/mol. The van der Waals surface area contributed by atoms with Crippen molar-refractivity contribution in [2.24, 2.45) is 0 Å². The number of piperazine rings is 1. The molecule has 1 atom stereocenters. The van der Waals surface area contributed by atoms with Gasteiger partial charge >= 0.3 is 0 Å². The molecule has 2 saturated heterocycles. The first-order valence-electron chi connectivity index (χ1n) is 8.80. The predicted octanol–water partition coefficient (Wildman–Crippen LogP) is 1.72. The standard InChI is InChI=1S/C18H25N3O4S/c1-23-13-5-6-15(24-2)14(12-13)19-18(26)21-9-7-20(8-10-21)17(22)16-4-3-11-25-16/h5-6,12,16H,3-4,7-11H2,1-2H3,(H,19,26)/t16-/m1/s1. The van der Waals surface area contributed by atoms with Gasteiger partial charge in [0.25, 0.3) is 5.91 Å². The first kappa shape index (κ1) is 18.7. The number of ether oxygens (including phenoxy) is 3. The number of hydrogen-bond donors (Lipinski definition) is 1. The average Bonchev–Trinajstić information content (AvgIpc) is 3.22. The maximum atomic E-state index is 12.4. The fourth-order valence-electron chi connectivity index (χ4n) is 3.21. The van der Waals surface area contributed by atoms with Gasteiger partial charge in [0.2, 0.25) is 0 Å². The molecule has 0 bridgehead atoms. The largest absolute Gasteiger partial charge is 0.497 e. The maximum absolute atomic E-state index is 12.4. The molecule has 142 valence electrons. The molecule has 2 fully saturated rings. The minimum absolute atomic E-state index is 0.107. The van der Waals surface area contributed by atoms with Gasteiger partial charge in [-0.1, -0.05) is 0 Å². The molecule has 0 saturated carbocycles. The monoisotopic (exact) mass is 379 g/mol. The molecular weight excluding hydrogens is 354 g/mol. The van der Waals surface area contributed by atoms with E-state index in [-0.39, 0.29) is 12.0 Å². The lowest BCUT2D eigenvalue weighted by Gasteiger charge is -2.37. The Morgan fingerprint density at radius 3 is 2.54 bits per heavy atom. The summed E-state index contributed by atoms with van der Waals surface area (Å²) in [5.41, 5.74) is 0.759. The number of thiocarbonyl (C=S) groups is 1. The summed E-state index contributed by atoms with van der Waals surface area (Å²) in [5, 5.41) is 3.84. The van der Waals surface area contributed by atoms with Gasteiger partial charge < -0.3 is 29.3 Å². The van der Waals surface area contributed by atoms with E-state index < -0.39 is 0 Å². The van der Waals surface area contributed by atoms with Crippen LogP contribution in [0.2, 0.25) is 0 Å². The molecule has 1 amide bonds. The summed E-state index contributed by atoms with van der Waals surface area (Å²) in [6.07, 6.45) is 1.54. The van der Waals surface area contributed by atoms with E-state index in [1.807, 2.05) is 23.1 Å². The second-order valence-electron chi connectivity index (χ2n) is 6.31. The molecule has 0 aromatic heterocycles. The Kier molecular flexibility index (Phi) is 6.16. The van der Waals surface area contributed by atoms with Gasteiger partial charge in [0.1, 0.15) is 17.6 Å². The first-order valence-corrected chi connectivity index (χ1v) is 9.21. The van der Waals surface area contributed by atoms with Gasteiger partial charge in [-0.3, -0.25) is 4.79 Å². The molecule has 0 unspecified atom stereocenters. The fourth-order valence-corrected chi connectivity index (χ4v) is 3.50. The average molecular weight is 379 g/mol. The van der Waals surface area contributed by atoms with Gasteiger partial charge in [-0.05, 0) is 37.2 Å². The number of nitrogens with one attached hydrogen (secondary N) is 1. The molecule has 8 heteroatoms. The second-order valence-corrected chi connectivity index (χ2v) is 6.70. The van der Waals surface area contributed by atoms with Crippen molar-refractivity contribution in [3.63, 3.8) is 0 Å². The molecule has 0 spiro atoms. The van der Waals surface area contributed by atoms with E-state index >= 15 is 0 Å². The molecular formula is C18H25N3O4S. The summed E-state index contributed by atoms with van der Waals surface area (Å²) < 4.78 is 16.1. The SMILES string of the molecule is COc1ccc(OC)c(NC(=S)N2CCN(C(=O)[C@H]3CCCO3)CC2)c1. The van der Waals surface area contributed by atoms with Crippen molar-refractivity contribution in [3.8, 4) is 11.5 Å². The Morgan fingerprint density at radius 1 is 1.19 bits per heavy atom. The van der Waals surface area contributed by atoms with Crippen LogP contribution in [0.5, 0.6) is 11.5 Å². The zero-order valence-corrected chi connectivity index (χ0v) is 16.0. The van der Waals surface area contributed by atoms with Gasteiger partial charge in [-0.2, -0.15) is 0 Å². The minimum Gasteiger partial charge on any atom is -0.497 e. The zero-order chi connectivity index (χ0) is 18.5. The van der Waals surface area contributed by atoms with Crippen molar-refractivity contribution in [2.45, 2.75) is 18.9 Å². The summed E-state index contributed by atoms with van der Waals surface area (Å²) in [4.78, 5) is 16.4. The van der Waals surface area contributed by atoms with Crippen LogP contribution in [0.25, 0.3) is 0 Å². The molecule has 26 heavy (non-hydrogen) atoms. The number of rotatable bonds is 4. The van der Waals surface area contributed by atoms with Crippen molar-refractivity contribution in [3.05, 3.63) is 18.2 Å². The van der Waals surface area contributed by atoms with E-state index in [1.54, 1.807) is 14.2 Å². The molecule has 2 heterocycles. The number of nitrogens with zero attached hydrogens (tertiary/aromatic N) is 2. The van der Waals surface area contributed by atoms with Crippen LogP contribution < -0.4 is 14.8 Å². The number of hydrogen-bond acceptors (Lipinski definition) is 5. The van der Waals surface area contributed by atoms with E-state index in [4.69, 9.17) is 26.4 Å². The van der Waals surface area contributed by atoms with Crippen molar-refractivity contribution in [2.75, 3.05) is 52.3 Å². The van der Waals surface area contributed by atoms with Crippen LogP contribution in [0, 0.1) is 0 Å². The quantitative estimate of drug-likeness (QED) is 0.799. The lowest BCUT2D eigenvalue weighted by atomic mass is 10.2. The normalized spacial score (nSPS) is 20.0. The fraction of sp³-hybridized carbons (Fsp3) is 0.556. The Hall–Kier alpha value is -2.06. The third-order valence-corrected chi connectivity index (χ3v) is 5.09. The Balaban J connectivity index is 1.56. The van der Waals surface area contributed by atoms with Crippen LogP contribution in [-0.2, 0) is 9.53 Å². The van der Waals surface area contributed by atoms with E-state index in [0.717, 1.165) is 24.3 Å². The van der Waals surface area contributed by atoms with Crippen LogP contribution in [0.15, 0.2) is 18.2 Å². The van der Waals surface area contributed by atoms with E-state index in [1.165, 1.54) is 0 Å². The number of carbonyl (C=O) groups excluding carboxylic acids is 1. The van der Waals surface area contributed by atoms with Crippen LogP contribution in [0.4, 0.5) is 5.69 Å². The van der Waals surface area contributed by atoms with Crippen molar-refractivity contribution >= 4 is 28.9 Å². The lowest BCUT2D eigenvalue weighted by molar-refractivity contribution is -0.142. The Labute approximate surface area is 159 Å². The van der Waals surface area contributed by atoms with Crippen LogP contribution in [-0.4, -0.2) is 73.9 Å². The van der Waals surface area contributed by atoms with E-state index in [0.29, 0.717) is 43.6 Å². The van der Waals surface area contributed by atoms with Crippen molar-refractivity contribution < 1.29 is 19.0 Å². The molecule has 2 aliphatic rings. The van der Waals surface area contributed by atoms with Crippen LogP contribution in [0.1, 0.15) is 12.8 Å². The summed E-state index contributed by atoms with van der Waals surface area (Å²) in [6, 6.07) is 5.52. The highest BCUT2D eigenvalue weighted by Crippen LogP contribution is 2.29. The molecule has 2 aliphatic heterocycles. The summed E-state index contributed by atoms with van der Waals surface area (Å²) in [7, 11) is 3.24. The number of anilines is 1. The molecule has 1 N–H and O–H groups in total. The van der Waals surface area contributed by atoms with Crippen molar-refractivity contribution in [1.82, 2.24) is 9.80 Å². The highest BCUT2D eigenvalue weighted by molar-refractivity contribution is 7.80. The third-order valence-electron chi connectivity index (χ3n) is 4.73. The van der Waals surface area contributed by atoms with Gasteiger partial charge in [-0.15, -0.1) is 0 Å². The Bertz CT molecular complexity index is 656. The third kappa shape index (κ3) is 4.19. The number of carbonyl (C=O) groups is 1.